The van der Waals surface area contributed by atoms with Gasteiger partial charge in [0.1, 0.15) is 16.6 Å². The number of benzene rings is 1. The number of carbonyl (C=O) groups is 2. The van der Waals surface area contributed by atoms with E-state index in [-0.39, 0.29) is 23.3 Å². The minimum absolute atomic E-state index is 0.0690. The smallest absolute Gasteiger partial charge is 0.410 e. The summed E-state index contributed by atoms with van der Waals surface area (Å²) in [7, 11) is 1.65. The number of amides is 2. The summed E-state index contributed by atoms with van der Waals surface area (Å²) in [6.07, 6.45) is 7.94. The van der Waals surface area contributed by atoms with Crippen LogP contribution < -0.4 is 15.4 Å². The van der Waals surface area contributed by atoms with Crippen LogP contribution >= 0.6 is 24.0 Å². The molecule has 1 heterocycles. The second-order valence-electron chi connectivity index (χ2n) is 11.0. The van der Waals surface area contributed by atoms with Crippen molar-refractivity contribution in [3.63, 3.8) is 0 Å². The molecule has 0 radical (unpaired) electrons. The van der Waals surface area contributed by atoms with Gasteiger partial charge < -0.3 is 25.0 Å². The van der Waals surface area contributed by atoms with Gasteiger partial charge in [-0.3, -0.25) is 4.79 Å². The molecule has 37 heavy (non-hydrogen) atoms. The van der Waals surface area contributed by atoms with Gasteiger partial charge in [-0.2, -0.15) is 0 Å². The Kier molecular flexibility index (Phi) is 11.4. The number of methoxy groups -OCH3 is 1. The molecule has 1 aliphatic heterocycles. The Balaban J connectivity index is 1.60. The minimum Gasteiger partial charge on any atom is -0.497 e. The lowest BCUT2D eigenvalue weighted by Gasteiger charge is -2.34. The second-order valence-corrected chi connectivity index (χ2v) is 12.7. The predicted octanol–water partition coefficient (Wildman–Crippen LogP) is 5.31. The highest BCUT2D eigenvalue weighted by atomic mass is 32.2. The van der Waals surface area contributed by atoms with E-state index in [1.54, 1.807) is 23.8 Å². The predicted molar refractivity (Wildman–Crippen MR) is 154 cm³/mol. The van der Waals surface area contributed by atoms with Crippen LogP contribution in [0.15, 0.2) is 24.3 Å². The average molecular weight is 550 g/mol. The number of thioether (sulfide) groups is 1. The van der Waals surface area contributed by atoms with Crippen LogP contribution in [0.4, 0.5) is 4.79 Å². The third-order valence-electron chi connectivity index (χ3n) is 6.86. The van der Waals surface area contributed by atoms with Gasteiger partial charge >= 0.3 is 6.09 Å². The lowest BCUT2D eigenvalue weighted by molar-refractivity contribution is -0.121. The third-order valence-corrected chi connectivity index (χ3v) is 8.47. The average Bonchev–Trinajstić information content (AvgIpc) is 2.89. The number of hydrogen-bond acceptors (Lipinski definition) is 6. The number of ether oxygens (including phenoxy) is 2. The monoisotopic (exact) mass is 549 g/mol. The molecule has 2 atom stereocenters. The fourth-order valence-electron chi connectivity index (χ4n) is 4.77. The number of hydrogen-bond donors (Lipinski definition) is 2. The van der Waals surface area contributed by atoms with E-state index in [2.05, 4.69) is 10.6 Å². The Labute approximate surface area is 231 Å². The summed E-state index contributed by atoms with van der Waals surface area (Å²) >= 11 is 7.38. The molecule has 3 rings (SSSR count). The fourth-order valence-corrected chi connectivity index (χ4v) is 6.13. The van der Waals surface area contributed by atoms with Crippen LogP contribution in [0.25, 0.3) is 0 Å². The Morgan fingerprint density at radius 1 is 1.16 bits per heavy atom. The zero-order valence-electron chi connectivity index (χ0n) is 22.7. The van der Waals surface area contributed by atoms with Gasteiger partial charge in [-0.15, -0.1) is 11.8 Å². The molecule has 0 bridgehead atoms. The molecule has 2 fully saturated rings. The highest BCUT2D eigenvalue weighted by molar-refractivity contribution is 8.00. The summed E-state index contributed by atoms with van der Waals surface area (Å²) in [5.41, 5.74) is 0.530. The van der Waals surface area contributed by atoms with E-state index >= 15 is 0 Å². The van der Waals surface area contributed by atoms with E-state index in [0.717, 1.165) is 24.2 Å². The van der Waals surface area contributed by atoms with Gasteiger partial charge in [0.25, 0.3) is 0 Å². The summed E-state index contributed by atoms with van der Waals surface area (Å²) in [5, 5.41) is 6.25. The first-order chi connectivity index (χ1) is 17.6. The summed E-state index contributed by atoms with van der Waals surface area (Å²) in [5.74, 6) is 2.14. The molecule has 0 spiro atoms. The van der Waals surface area contributed by atoms with Gasteiger partial charge in [0.15, 0.2) is 0 Å². The first-order valence-corrected chi connectivity index (χ1v) is 14.9. The summed E-state index contributed by atoms with van der Waals surface area (Å²) < 4.78 is 10.8. The number of thiocarbonyl (C=S) groups is 1. The molecule has 0 unspecified atom stereocenters. The van der Waals surface area contributed by atoms with E-state index in [9.17, 15) is 9.59 Å². The van der Waals surface area contributed by atoms with Crippen LogP contribution in [0, 0.1) is 5.92 Å². The van der Waals surface area contributed by atoms with Crippen molar-refractivity contribution in [3.8, 4) is 5.75 Å². The van der Waals surface area contributed by atoms with Crippen molar-refractivity contribution in [1.82, 2.24) is 15.5 Å². The van der Waals surface area contributed by atoms with Crippen LogP contribution in [0.2, 0.25) is 0 Å². The molecule has 2 N–H and O–H groups in total. The zero-order chi connectivity index (χ0) is 26.8. The molecular formula is C28H43N3O4S2. The SMILES string of the molecule is COc1ccc(CNC(=S)[C@@H](CCC2CCCCC2)NC(=O)[C@@H]2CN(C(=O)OC(C)(C)C)CCS2)cc1. The van der Waals surface area contributed by atoms with Gasteiger partial charge in [-0.1, -0.05) is 56.5 Å². The van der Waals surface area contributed by atoms with Crippen LogP contribution in [0.3, 0.4) is 0 Å². The summed E-state index contributed by atoms with van der Waals surface area (Å²) in [6.45, 7) is 7.06. The topological polar surface area (TPSA) is 79.9 Å². The number of rotatable bonds is 9. The second kappa shape index (κ2) is 14.2. The number of nitrogens with zero attached hydrogens (tertiary/aromatic N) is 1. The van der Waals surface area contributed by atoms with Gasteiger partial charge in [0.2, 0.25) is 5.91 Å². The molecule has 206 valence electrons. The van der Waals surface area contributed by atoms with E-state index in [0.29, 0.717) is 36.3 Å². The van der Waals surface area contributed by atoms with E-state index < -0.39 is 5.60 Å². The van der Waals surface area contributed by atoms with Crippen LogP contribution in [0.5, 0.6) is 5.75 Å². The molecule has 1 saturated carbocycles. The zero-order valence-corrected chi connectivity index (χ0v) is 24.3. The molecule has 7 nitrogen and oxygen atoms in total. The normalized spacial score (nSPS) is 19.6. The molecule has 9 heteroatoms. The lowest BCUT2D eigenvalue weighted by atomic mass is 9.85. The number of carbonyl (C=O) groups excluding carboxylic acids is 2. The van der Waals surface area contributed by atoms with Gasteiger partial charge in [0.05, 0.1) is 18.1 Å². The molecule has 2 amide bonds. The Hall–Kier alpha value is -2.00. The molecular weight excluding hydrogens is 506 g/mol. The highest BCUT2D eigenvalue weighted by Crippen LogP contribution is 2.28. The first-order valence-electron chi connectivity index (χ1n) is 13.4. The van der Waals surface area contributed by atoms with Crippen molar-refractivity contribution in [2.24, 2.45) is 5.92 Å². The third kappa shape index (κ3) is 10.0. The Morgan fingerprint density at radius 3 is 2.51 bits per heavy atom. The molecule has 0 aromatic heterocycles. The van der Waals surface area contributed by atoms with Crippen LogP contribution in [-0.2, 0) is 16.1 Å². The van der Waals surface area contributed by atoms with Crippen LogP contribution in [-0.4, -0.2) is 64.7 Å². The van der Waals surface area contributed by atoms with Gasteiger partial charge in [-0.05, 0) is 57.2 Å². The number of nitrogens with one attached hydrogen (secondary N) is 2. The summed E-state index contributed by atoms with van der Waals surface area (Å²) in [4.78, 5) is 28.2. The van der Waals surface area contributed by atoms with Crippen molar-refractivity contribution in [1.29, 1.82) is 0 Å². The van der Waals surface area contributed by atoms with Crippen molar-refractivity contribution in [2.45, 2.75) is 89.2 Å². The maximum Gasteiger partial charge on any atom is 0.410 e. The highest BCUT2D eigenvalue weighted by Gasteiger charge is 2.33. The fraction of sp³-hybridized carbons (Fsp3) is 0.679. The Bertz CT molecular complexity index is 898. The van der Waals surface area contributed by atoms with Crippen molar-refractivity contribution >= 4 is 41.0 Å². The molecule has 1 aromatic carbocycles. The lowest BCUT2D eigenvalue weighted by Crippen LogP contribution is -2.53. The summed E-state index contributed by atoms with van der Waals surface area (Å²) in [6, 6.07) is 7.64. The molecule has 1 aliphatic carbocycles. The maximum absolute atomic E-state index is 13.4. The molecule has 1 aromatic rings. The van der Waals surface area contributed by atoms with E-state index in [1.807, 2.05) is 45.0 Å². The van der Waals surface area contributed by atoms with Crippen molar-refractivity contribution in [2.75, 3.05) is 26.0 Å². The first kappa shape index (κ1) is 29.6. The molecule has 1 saturated heterocycles. The largest absolute Gasteiger partial charge is 0.497 e. The quantitative estimate of drug-likeness (QED) is 0.404. The minimum atomic E-state index is -0.564. The van der Waals surface area contributed by atoms with Crippen molar-refractivity contribution < 1.29 is 19.1 Å². The van der Waals surface area contributed by atoms with Crippen molar-refractivity contribution in [3.05, 3.63) is 29.8 Å². The van der Waals surface area contributed by atoms with E-state index in [1.165, 1.54) is 32.1 Å². The maximum atomic E-state index is 13.4. The molecule has 2 aliphatic rings. The van der Waals surface area contributed by atoms with E-state index in [4.69, 9.17) is 21.7 Å². The standard InChI is InChI=1S/C28H43N3O4S2/c1-28(2,3)35-27(33)31-16-17-37-24(19-31)25(32)30-23(15-12-20-8-6-5-7-9-20)26(36)29-18-21-10-13-22(34-4)14-11-21/h10-11,13-14,20,23-24H,5-9,12,15-19H2,1-4H3,(H,29,36)(H,30,32)/t23-,24+/m1/s1. The van der Waals surface area contributed by atoms with Gasteiger partial charge in [0, 0.05) is 25.4 Å². The van der Waals surface area contributed by atoms with Gasteiger partial charge in [-0.25, -0.2) is 4.79 Å². The Morgan fingerprint density at radius 2 is 1.86 bits per heavy atom. The van der Waals surface area contributed by atoms with Crippen LogP contribution in [0.1, 0.15) is 71.3 Å².